The molecular formula is C13H12N4O. The van der Waals surface area contributed by atoms with E-state index < -0.39 is 0 Å². The van der Waals surface area contributed by atoms with Crippen LogP contribution in [0, 0.1) is 0 Å². The number of amides is 1. The Morgan fingerprint density at radius 1 is 1.28 bits per heavy atom. The highest BCUT2D eigenvalue weighted by atomic mass is 16.1. The summed E-state index contributed by atoms with van der Waals surface area (Å²) in [5.74, 6) is 0.815. The molecule has 0 saturated heterocycles. The lowest BCUT2D eigenvalue weighted by molar-refractivity contribution is -0.115. The Balaban J connectivity index is 2.02. The molecular weight excluding hydrogens is 228 g/mol. The molecule has 1 aromatic heterocycles. The third kappa shape index (κ3) is 1.79. The molecule has 2 N–H and O–H groups in total. The van der Waals surface area contributed by atoms with Crippen LogP contribution < -0.4 is 10.6 Å². The van der Waals surface area contributed by atoms with Crippen molar-refractivity contribution in [2.45, 2.75) is 6.42 Å². The lowest BCUT2D eigenvalue weighted by atomic mass is 10.1. The third-order valence-corrected chi connectivity index (χ3v) is 2.95. The molecule has 2 heterocycles. The summed E-state index contributed by atoms with van der Waals surface area (Å²) in [5, 5.41) is 5.79. The van der Waals surface area contributed by atoms with E-state index >= 15 is 0 Å². The SMILES string of the molecule is CNc1cc(-c2ccc3c(c2)CC(=O)N3)ncn1. The summed E-state index contributed by atoms with van der Waals surface area (Å²) in [7, 11) is 1.82. The van der Waals surface area contributed by atoms with Crippen LogP contribution in [0.1, 0.15) is 5.56 Å². The Labute approximate surface area is 104 Å². The topological polar surface area (TPSA) is 66.9 Å². The summed E-state index contributed by atoms with van der Waals surface area (Å²) in [6.45, 7) is 0. The molecule has 5 nitrogen and oxygen atoms in total. The monoisotopic (exact) mass is 240 g/mol. The van der Waals surface area contributed by atoms with Gasteiger partial charge in [0.15, 0.2) is 0 Å². The molecule has 0 bridgehead atoms. The zero-order valence-electron chi connectivity index (χ0n) is 9.90. The smallest absolute Gasteiger partial charge is 0.228 e. The molecule has 1 amide bonds. The standard InChI is InChI=1S/C13H12N4O/c1-14-12-6-11(15-7-16-12)8-2-3-10-9(4-8)5-13(18)17-10/h2-4,6-7H,5H2,1H3,(H,17,18)(H,14,15,16). The first-order valence-electron chi connectivity index (χ1n) is 5.69. The molecule has 0 unspecified atom stereocenters. The quantitative estimate of drug-likeness (QED) is 0.838. The average Bonchev–Trinajstić information content (AvgIpc) is 2.77. The highest BCUT2D eigenvalue weighted by molar-refractivity contribution is 5.99. The number of fused-ring (bicyclic) bond motifs is 1. The normalized spacial score (nSPS) is 13.1. The Bertz CT molecular complexity index is 624. The Kier molecular flexibility index (Phi) is 2.44. The molecule has 0 spiro atoms. The summed E-state index contributed by atoms with van der Waals surface area (Å²) in [6.07, 6.45) is 1.96. The van der Waals surface area contributed by atoms with Gasteiger partial charge in [0.2, 0.25) is 5.91 Å². The highest BCUT2D eigenvalue weighted by Gasteiger charge is 2.17. The van der Waals surface area contributed by atoms with Crippen molar-refractivity contribution in [1.82, 2.24) is 9.97 Å². The van der Waals surface area contributed by atoms with E-state index in [0.29, 0.717) is 6.42 Å². The van der Waals surface area contributed by atoms with E-state index in [-0.39, 0.29) is 5.91 Å². The van der Waals surface area contributed by atoms with Crippen LogP contribution in [0.3, 0.4) is 0 Å². The fourth-order valence-electron chi connectivity index (χ4n) is 2.04. The number of carbonyl (C=O) groups is 1. The zero-order valence-corrected chi connectivity index (χ0v) is 9.90. The molecule has 1 aromatic carbocycles. The molecule has 2 aromatic rings. The summed E-state index contributed by atoms with van der Waals surface area (Å²) in [4.78, 5) is 19.6. The van der Waals surface area contributed by atoms with Gasteiger partial charge in [0.25, 0.3) is 0 Å². The van der Waals surface area contributed by atoms with Crippen LogP contribution in [0.25, 0.3) is 11.3 Å². The molecule has 1 aliphatic rings. The first-order chi connectivity index (χ1) is 8.76. The third-order valence-electron chi connectivity index (χ3n) is 2.95. The minimum absolute atomic E-state index is 0.0424. The number of carbonyl (C=O) groups excluding carboxylic acids is 1. The number of hydrogen-bond donors (Lipinski definition) is 2. The van der Waals surface area contributed by atoms with E-state index in [4.69, 9.17) is 0 Å². The number of aromatic nitrogens is 2. The number of nitrogens with zero attached hydrogens (tertiary/aromatic N) is 2. The molecule has 0 fully saturated rings. The molecule has 1 aliphatic heterocycles. The van der Waals surface area contributed by atoms with Crippen molar-refractivity contribution in [1.29, 1.82) is 0 Å². The minimum atomic E-state index is 0.0424. The van der Waals surface area contributed by atoms with Crippen LogP contribution in [-0.4, -0.2) is 22.9 Å². The zero-order chi connectivity index (χ0) is 12.5. The number of rotatable bonds is 2. The second-order valence-corrected chi connectivity index (χ2v) is 4.14. The number of hydrogen-bond acceptors (Lipinski definition) is 4. The van der Waals surface area contributed by atoms with Crippen LogP contribution in [0.4, 0.5) is 11.5 Å². The van der Waals surface area contributed by atoms with Crippen molar-refractivity contribution in [2.75, 3.05) is 17.7 Å². The van der Waals surface area contributed by atoms with E-state index in [1.54, 1.807) is 0 Å². The number of benzene rings is 1. The lowest BCUT2D eigenvalue weighted by Gasteiger charge is -2.05. The van der Waals surface area contributed by atoms with Crippen LogP contribution >= 0.6 is 0 Å². The molecule has 3 rings (SSSR count). The van der Waals surface area contributed by atoms with Crippen LogP contribution in [-0.2, 0) is 11.2 Å². The fraction of sp³-hybridized carbons (Fsp3) is 0.154. The van der Waals surface area contributed by atoms with Crippen molar-refractivity contribution >= 4 is 17.4 Å². The van der Waals surface area contributed by atoms with Crippen LogP contribution in [0.15, 0.2) is 30.6 Å². The predicted molar refractivity (Wildman–Crippen MR) is 69.3 cm³/mol. The van der Waals surface area contributed by atoms with Gasteiger partial charge in [-0.25, -0.2) is 9.97 Å². The largest absolute Gasteiger partial charge is 0.373 e. The maximum Gasteiger partial charge on any atom is 0.228 e. The average molecular weight is 240 g/mol. The maximum absolute atomic E-state index is 11.3. The lowest BCUT2D eigenvalue weighted by Crippen LogP contribution is -2.03. The molecule has 0 atom stereocenters. The maximum atomic E-state index is 11.3. The fourth-order valence-corrected chi connectivity index (χ4v) is 2.04. The highest BCUT2D eigenvalue weighted by Crippen LogP contribution is 2.28. The van der Waals surface area contributed by atoms with E-state index in [2.05, 4.69) is 20.6 Å². The second kappa shape index (κ2) is 4.10. The predicted octanol–water partition coefficient (Wildman–Crippen LogP) is 1.68. The van der Waals surface area contributed by atoms with Crippen LogP contribution in [0.2, 0.25) is 0 Å². The molecule has 0 aliphatic carbocycles. The van der Waals surface area contributed by atoms with E-state index in [1.807, 2.05) is 31.3 Å². The number of anilines is 2. The minimum Gasteiger partial charge on any atom is -0.373 e. The van der Waals surface area contributed by atoms with Crippen molar-refractivity contribution < 1.29 is 4.79 Å². The van der Waals surface area contributed by atoms with Gasteiger partial charge in [0.05, 0.1) is 12.1 Å². The summed E-state index contributed by atoms with van der Waals surface area (Å²) in [6, 6.07) is 7.74. The Morgan fingerprint density at radius 3 is 3.00 bits per heavy atom. The van der Waals surface area contributed by atoms with Gasteiger partial charge in [-0.1, -0.05) is 6.07 Å². The van der Waals surface area contributed by atoms with Gasteiger partial charge in [0.1, 0.15) is 12.1 Å². The van der Waals surface area contributed by atoms with E-state index in [1.165, 1.54) is 6.33 Å². The molecule has 18 heavy (non-hydrogen) atoms. The van der Waals surface area contributed by atoms with E-state index in [0.717, 1.165) is 28.3 Å². The molecule has 5 heteroatoms. The summed E-state index contributed by atoms with van der Waals surface area (Å²) < 4.78 is 0. The molecule has 90 valence electrons. The van der Waals surface area contributed by atoms with Gasteiger partial charge in [-0.3, -0.25) is 4.79 Å². The molecule has 0 saturated carbocycles. The summed E-state index contributed by atoms with van der Waals surface area (Å²) in [5.41, 5.74) is 3.74. The van der Waals surface area contributed by atoms with Crippen molar-refractivity contribution in [3.8, 4) is 11.3 Å². The Hall–Kier alpha value is -2.43. The van der Waals surface area contributed by atoms with E-state index in [9.17, 15) is 4.79 Å². The van der Waals surface area contributed by atoms with Gasteiger partial charge >= 0.3 is 0 Å². The van der Waals surface area contributed by atoms with Crippen molar-refractivity contribution in [3.05, 3.63) is 36.2 Å². The second-order valence-electron chi connectivity index (χ2n) is 4.14. The van der Waals surface area contributed by atoms with Crippen molar-refractivity contribution in [3.63, 3.8) is 0 Å². The summed E-state index contributed by atoms with van der Waals surface area (Å²) >= 11 is 0. The van der Waals surface area contributed by atoms with Gasteiger partial charge in [-0.15, -0.1) is 0 Å². The van der Waals surface area contributed by atoms with Gasteiger partial charge in [-0.05, 0) is 17.7 Å². The van der Waals surface area contributed by atoms with Gasteiger partial charge < -0.3 is 10.6 Å². The Morgan fingerprint density at radius 2 is 2.17 bits per heavy atom. The first kappa shape index (κ1) is 10.7. The van der Waals surface area contributed by atoms with Gasteiger partial charge in [0, 0.05) is 24.4 Å². The van der Waals surface area contributed by atoms with Crippen molar-refractivity contribution in [2.24, 2.45) is 0 Å². The van der Waals surface area contributed by atoms with Gasteiger partial charge in [-0.2, -0.15) is 0 Å². The van der Waals surface area contributed by atoms with Crippen LogP contribution in [0.5, 0.6) is 0 Å². The molecule has 0 radical (unpaired) electrons. The first-order valence-corrected chi connectivity index (χ1v) is 5.69. The number of nitrogens with one attached hydrogen (secondary N) is 2.